The Balaban J connectivity index is 1.80. The van der Waals surface area contributed by atoms with E-state index in [0.29, 0.717) is 5.56 Å². The van der Waals surface area contributed by atoms with Gasteiger partial charge in [-0.3, -0.25) is 4.79 Å². The van der Waals surface area contributed by atoms with Crippen LogP contribution in [0.1, 0.15) is 35.6 Å². The molecular weight excluding hydrogens is 361 g/mol. The molecule has 1 aliphatic rings. The Hall–Kier alpha value is -1.89. The van der Waals surface area contributed by atoms with E-state index in [0.717, 1.165) is 16.3 Å². The largest absolute Gasteiger partial charge is 0.392 e. The molecule has 0 spiro atoms. The highest BCUT2D eigenvalue weighted by Gasteiger charge is 2.51. The van der Waals surface area contributed by atoms with Gasteiger partial charge in [0.15, 0.2) is 0 Å². The van der Waals surface area contributed by atoms with Crippen LogP contribution < -0.4 is 0 Å². The zero-order valence-corrected chi connectivity index (χ0v) is 15.7. The molecule has 140 valence electrons. The Morgan fingerprint density at radius 1 is 1.35 bits per heavy atom. The van der Waals surface area contributed by atoms with Crippen molar-refractivity contribution in [1.82, 2.24) is 9.88 Å². The van der Waals surface area contributed by atoms with Crippen molar-refractivity contribution in [3.05, 3.63) is 40.2 Å². The van der Waals surface area contributed by atoms with Crippen molar-refractivity contribution in [1.29, 1.82) is 0 Å². The van der Waals surface area contributed by atoms with Gasteiger partial charge < -0.3 is 4.90 Å². The molecule has 1 fully saturated rings. The van der Waals surface area contributed by atoms with E-state index in [1.165, 1.54) is 16.2 Å². The summed E-state index contributed by atoms with van der Waals surface area (Å²) in [6, 6.07) is 7.13. The van der Waals surface area contributed by atoms with Crippen LogP contribution in [0, 0.1) is 18.3 Å². The Bertz CT molecular complexity index is 813. The van der Waals surface area contributed by atoms with Crippen LogP contribution in [0.3, 0.4) is 0 Å². The van der Waals surface area contributed by atoms with E-state index in [1.54, 1.807) is 32.0 Å². The van der Waals surface area contributed by atoms with E-state index < -0.39 is 17.5 Å². The van der Waals surface area contributed by atoms with Gasteiger partial charge in [-0.05, 0) is 30.9 Å². The van der Waals surface area contributed by atoms with Gasteiger partial charge >= 0.3 is 6.18 Å². The fourth-order valence-electron chi connectivity index (χ4n) is 3.63. The highest BCUT2D eigenvalue weighted by atomic mass is 32.1. The van der Waals surface area contributed by atoms with E-state index in [1.807, 2.05) is 18.4 Å². The third-order valence-electron chi connectivity index (χ3n) is 4.94. The molecule has 3 nitrogen and oxygen atoms in total. The molecule has 1 saturated heterocycles. The van der Waals surface area contributed by atoms with Gasteiger partial charge in [-0.1, -0.05) is 26.0 Å². The van der Waals surface area contributed by atoms with E-state index in [4.69, 9.17) is 0 Å². The topological polar surface area (TPSA) is 33.2 Å². The minimum atomic E-state index is -4.24. The van der Waals surface area contributed by atoms with Crippen LogP contribution in [0.15, 0.2) is 29.6 Å². The number of alkyl halides is 3. The molecule has 3 rings (SSSR count). The van der Waals surface area contributed by atoms with Crippen LogP contribution in [-0.2, 0) is 0 Å². The quantitative estimate of drug-likeness (QED) is 0.718. The first-order chi connectivity index (χ1) is 12.1. The number of thiazole rings is 1. The second-order valence-corrected chi connectivity index (χ2v) is 8.49. The first-order valence-corrected chi connectivity index (χ1v) is 9.34. The predicted molar refractivity (Wildman–Crippen MR) is 96.1 cm³/mol. The lowest BCUT2D eigenvalue weighted by atomic mass is 9.73. The lowest BCUT2D eigenvalue weighted by Gasteiger charge is -2.44. The minimum Gasteiger partial charge on any atom is -0.338 e. The van der Waals surface area contributed by atoms with E-state index in [2.05, 4.69) is 4.98 Å². The number of rotatable bonds is 2. The maximum Gasteiger partial charge on any atom is 0.392 e. The maximum absolute atomic E-state index is 13.2. The number of piperidine rings is 1. The number of aromatic nitrogens is 1. The van der Waals surface area contributed by atoms with Crippen molar-refractivity contribution >= 4 is 17.2 Å². The van der Waals surface area contributed by atoms with Crippen molar-refractivity contribution in [2.24, 2.45) is 11.3 Å². The normalized spacial score (nSPS) is 20.2. The van der Waals surface area contributed by atoms with E-state index >= 15 is 0 Å². The number of nitrogens with zero attached hydrogens (tertiary/aromatic N) is 2. The van der Waals surface area contributed by atoms with Crippen LogP contribution in [-0.4, -0.2) is 35.1 Å². The Labute approximate surface area is 154 Å². The van der Waals surface area contributed by atoms with Crippen molar-refractivity contribution in [2.45, 2.75) is 33.4 Å². The summed E-state index contributed by atoms with van der Waals surface area (Å²) in [5.74, 6) is -1.61. The zero-order valence-electron chi connectivity index (χ0n) is 14.9. The second-order valence-electron chi connectivity index (χ2n) is 7.43. The Morgan fingerprint density at radius 2 is 2.08 bits per heavy atom. The van der Waals surface area contributed by atoms with Crippen LogP contribution >= 0.6 is 11.3 Å². The van der Waals surface area contributed by atoms with Crippen molar-refractivity contribution < 1.29 is 18.0 Å². The molecule has 1 aromatic heterocycles. The summed E-state index contributed by atoms with van der Waals surface area (Å²) in [5.41, 5.74) is 1.12. The number of halogens is 3. The summed E-state index contributed by atoms with van der Waals surface area (Å²) in [5, 5.41) is 2.87. The molecule has 1 aliphatic heterocycles. The fraction of sp³-hybridized carbons (Fsp3) is 0.474. The molecule has 0 radical (unpaired) electrons. The SMILES string of the molecule is Cc1nc(-c2cccc(C(=O)N3CCC(C(F)(F)F)C(C)(C)C3)c2)cs1. The first-order valence-electron chi connectivity index (χ1n) is 8.46. The molecule has 2 heterocycles. The van der Waals surface area contributed by atoms with Gasteiger partial charge in [0.2, 0.25) is 0 Å². The molecule has 2 aromatic rings. The molecule has 0 N–H and O–H groups in total. The van der Waals surface area contributed by atoms with Gasteiger partial charge in [-0.15, -0.1) is 11.3 Å². The average Bonchev–Trinajstić information content (AvgIpc) is 2.98. The number of aryl methyl sites for hydroxylation is 1. The van der Waals surface area contributed by atoms with Crippen molar-refractivity contribution in [2.75, 3.05) is 13.1 Å². The van der Waals surface area contributed by atoms with Gasteiger partial charge in [-0.2, -0.15) is 13.2 Å². The van der Waals surface area contributed by atoms with Crippen LogP contribution in [0.2, 0.25) is 0 Å². The summed E-state index contributed by atoms with van der Waals surface area (Å²) in [7, 11) is 0. The summed E-state index contributed by atoms with van der Waals surface area (Å²) < 4.78 is 39.7. The Morgan fingerprint density at radius 3 is 2.65 bits per heavy atom. The number of benzene rings is 1. The summed E-state index contributed by atoms with van der Waals surface area (Å²) in [4.78, 5) is 18.8. The lowest BCUT2D eigenvalue weighted by Crippen LogP contribution is -2.52. The lowest BCUT2D eigenvalue weighted by molar-refractivity contribution is -0.214. The summed E-state index contributed by atoms with van der Waals surface area (Å²) in [6.45, 7) is 5.29. The molecule has 0 bridgehead atoms. The van der Waals surface area contributed by atoms with Crippen LogP contribution in [0.4, 0.5) is 13.2 Å². The molecule has 1 unspecified atom stereocenters. The molecular formula is C19H21F3N2OS. The molecule has 7 heteroatoms. The number of likely N-dealkylation sites (tertiary alicyclic amines) is 1. The Kier molecular flexibility index (Phi) is 4.86. The van der Waals surface area contributed by atoms with Crippen LogP contribution in [0.25, 0.3) is 11.3 Å². The molecule has 26 heavy (non-hydrogen) atoms. The van der Waals surface area contributed by atoms with Gasteiger partial charge in [0.1, 0.15) is 0 Å². The number of carbonyl (C=O) groups is 1. The standard InChI is InChI=1S/C19H21F3N2OS/c1-12-23-15(10-26-12)13-5-4-6-14(9-13)17(25)24-8-7-16(19(20,21)22)18(2,3)11-24/h4-6,9-10,16H,7-8,11H2,1-3H3. The third-order valence-corrected chi connectivity index (χ3v) is 5.71. The molecule has 1 amide bonds. The third kappa shape index (κ3) is 3.77. The van der Waals surface area contributed by atoms with Crippen molar-refractivity contribution in [3.63, 3.8) is 0 Å². The van der Waals surface area contributed by atoms with Gasteiger partial charge in [0.05, 0.1) is 16.6 Å². The molecule has 0 aliphatic carbocycles. The van der Waals surface area contributed by atoms with E-state index in [9.17, 15) is 18.0 Å². The summed E-state index contributed by atoms with van der Waals surface area (Å²) >= 11 is 1.53. The highest BCUT2D eigenvalue weighted by Crippen LogP contribution is 2.45. The second kappa shape index (κ2) is 6.68. The fourth-order valence-corrected chi connectivity index (χ4v) is 4.25. The van der Waals surface area contributed by atoms with Crippen molar-refractivity contribution in [3.8, 4) is 11.3 Å². The highest BCUT2D eigenvalue weighted by molar-refractivity contribution is 7.09. The van der Waals surface area contributed by atoms with Gasteiger partial charge in [0, 0.05) is 29.6 Å². The minimum absolute atomic E-state index is 0.0623. The van der Waals surface area contributed by atoms with E-state index in [-0.39, 0.29) is 25.4 Å². The number of hydrogen-bond acceptors (Lipinski definition) is 3. The molecule has 0 saturated carbocycles. The molecule has 1 atom stereocenters. The van der Waals surface area contributed by atoms with Gasteiger partial charge in [0.25, 0.3) is 5.91 Å². The monoisotopic (exact) mass is 382 g/mol. The number of amides is 1. The number of carbonyl (C=O) groups excluding carboxylic acids is 1. The summed E-state index contributed by atoms with van der Waals surface area (Å²) in [6.07, 6.45) is -4.30. The zero-order chi connectivity index (χ0) is 19.1. The average molecular weight is 382 g/mol. The molecule has 1 aromatic carbocycles. The number of hydrogen-bond donors (Lipinski definition) is 0. The smallest absolute Gasteiger partial charge is 0.338 e. The van der Waals surface area contributed by atoms with Crippen LogP contribution in [0.5, 0.6) is 0 Å². The predicted octanol–water partition coefficient (Wildman–Crippen LogP) is 5.17. The van der Waals surface area contributed by atoms with Gasteiger partial charge in [-0.25, -0.2) is 4.98 Å². The maximum atomic E-state index is 13.2. The first kappa shape index (κ1) is 18.9.